The van der Waals surface area contributed by atoms with E-state index in [0.717, 1.165) is 11.3 Å². The first-order valence-corrected chi connectivity index (χ1v) is 4.21. The summed E-state index contributed by atoms with van der Waals surface area (Å²) in [5.41, 5.74) is 1.12. The fourth-order valence-corrected chi connectivity index (χ4v) is 0.955. The molecular weight excluding hydrogens is 164 g/mol. The van der Waals surface area contributed by atoms with Crippen LogP contribution in [-0.2, 0) is 4.74 Å². The predicted molar refractivity (Wildman–Crippen MR) is 52.8 cm³/mol. The standard InChI is InChI=1S/C11H14O2/c1-3-8-12-9-13-11-7-5-4-6-10(11)2/h3-7H,1,8-9H2,2H3. The minimum atomic E-state index is 0.275. The molecule has 1 aromatic rings. The van der Waals surface area contributed by atoms with Crippen LogP contribution >= 0.6 is 0 Å². The highest BCUT2D eigenvalue weighted by Gasteiger charge is 1.95. The maximum atomic E-state index is 5.37. The number of ether oxygens (including phenoxy) is 2. The lowest BCUT2D eigenvalue weighted by molar-refractivity contribution is 0.0303. The summed E-state index contributed by atoms with van der Waals surface area (Å²) in [7, 11) is 0. The zero-order valence-electron chi connectivity index (χ0n) is 7.82. The van der Waals surface area contributed by atoms with Gasteiger partial charge in [0.05, 0.1) is 6.61 Å². The Morgan fingerprint density at radius 2 is 2.15 bits per heavy atom. The lowest BCUT2D eigenvalue weighted by Gasteiger charge is -2.07. The van der Waals surface area contributed by atoms with Crippen molar-refractivity contribution in [3.63, 3.8) is 0 Å². The summed E-state index contributed by atoms with van der Waals surface area (Å²) in [5, 5.41) is 0. The first-order chi connectivity index (χ1) is 6.34. The number of aryl methyl sites for hydroxylation is 1. The molecule has 2 heteroatoms. The normalized spacial score (nSPS) is 9.62. The molecule has 0 saturated carbocycles. The number of para-hydroxylation sites is 1. The van der Waals surface area contributed by atoms with Crippen LogP contribution in [0, 0.1) is 6.92 Å². The molecule has 1 aromatic carbocycles. The molecule has 0 saturated heterocycles. The summed E-state index contributed by atoms with van der Waals surface area (Å²) >= 11 is 0. The Labute approximate surface area is 78.8 Å². The molecule has 0 fully saturated rings. The second-order valence-corrected chi connectivity index (χ2v) is 2.69. The molecule has 1 rings (SSSR count). The summed E-state index contributed by atoms with van der Waals surface area (Å²) in [6.07, 6.45) is 1.70. The Balaban J connectivity index is 2.36. The van der Waals surface area contributed by atoms with Crippen LogP contribution in [0.4, 0.5) is 0 Å². The molecule has 0 atom stereocenters. The smallest absolute Gasteiger partial charge is 0.189 e. The molecule has 0 amide bonds. The van der Waals surface area contributed by atoms with Gasteiger partial charge in [-0.2, -0.15) is 0 Å². The Hall–Kier alpha value is -1.28. The van der Waals surface area contributed by atoms with Crippen molar-refractivity contribution in [3.05, 3.63) is 42.5 Å². The SMILES string of the molecule is C=CCOCOc1ccccc1C. The van der Waals surface area contributed by atoms with Gasteiger partial charge in [-0.3, -0.25) is 0 Å². The van der Waals surface area contributed by atoms with Gasteiger partial charge in [0, 0.05) is 0 Å². The fraction of sp³-hybridized carbons (Fsp3) is 0.273. The lowest BCUT2D eigenvalue weighted by Crippen LogP contribution is -2.03. The minimum absolute atomic E-state index is 0.275. The van der Waals surface area contributed by atoms with E-state index in [0.29, 0.717) is 6.61 Å². The van der Waals surface area contributed by atoms with Crippen LogP contribution in [0.2, 0.25) is 0 Å². The highest BCUT2D eigenvalue weighted by atomic mass is 16.7. The molecule has 13 heavy (non-hydrogen) atoms. The molecule has 0 radical (unpaired) electrons. The zero-order valence-corrected chi connectivity index (χ0v) is 7.82. The van der Waals surface area contributed by atoms with Crippen molar-refractivity contribution in [2.24, 2.45) is 0 Å². The van der Waals surface area contributed by atoms with Crippen molar-refractivity contribution in [3.8, 4) is 5.75 Å². The van der Waals surface area contributed by atoms with Crippen LogP contribution in [0.3, 0.4) is 0 Å². The molecule has 0 aliphatic heterocycles. The second-order valence-electron chi connectivity index (χ2n) is 2.69. The molecule has 70 valence electrons. The van der Waals surface area contributed by atoms with E-state index in [1.165, 1.54) is 0 Å². The fourth-order valence-electron chi connectivity index (χ4n) is 0.955. The largest absolute Gasteiger partial charge is 0.467 e. The summed E-state index contributed by atoms with van der Waals surface area (Å²) in [6.45, 7) is 6.34. The van der Waals surface area contributed by atoms with Crippen molar-refractivity contribution in [1.82, 2.24) is 0 Å². The van der Waals surface area contributed by atoms with Crippen molar-refractivity contribution in [2.75, 3.05) is 13.4 Å². The maximum absolute atomic E-state index is 5.37. The zero-order chi connectivity index (χ0) is 9.52. The van der Waals surface area contributed by atoms with Crippen LogP contribution in [0.25, 0.3) is 0 Å². The van der Waals surface area contributed by atoms with Gasteiger partial charge >= 0.3 is 0 Å². The first kappa shape index (κ1) is 9.81. The highest BCUT2D eigenvalue weighted by Crippen LogP contribution is 2.15. The van der Waals surface area contributed by atoms with E-state index < -0.39 is 0 Å². The molecule has 0 N–H and O–H groups in total. The van der Waals surface area contributed by atoms with E-state index in [1.807, 2.05) is 31.2 Å². The van der Waals surface area contributed by atoms with E-state index in [-0.39, 0.29) is 6.79 Å². The van der Waals surface area contributed by atoms with Gasteiger partial charge in [-0.25, -0.2) is 0 Å². The van der Waals surface area contributed by atoms with Gasteiger partial charge in [0.15, 0.2) is 6.79 Å². The summed E-state index contributed by atoms with van der Waals surface area (Å²) in [5.74, 6) is 0.867. The van der Waals surface area contributed by atoms with Crippen molar-refractivity contribution in [1.29, 1.82) is 0 Å². The topological polar surface area (TPSA) is 18.5 Å². The Kier molecular flexibility index (Phi) is 4.06. The molecule has 0 heterocycles. The van der Waals surface area contributed by atoms with Crippen LogP contribution in [0.5, 0.6) is 5.75 Å². The van der Waals surface area contributed by atoms with Crippen LogP contribution in [-0.4, -0.2) is 13.4 Å². The molecule has 0 bridgehead atoms. The number of hydrogen-bond donors (Lipinski definition) is 0. The number of rotatable bonds is 5. The van der Waals surface area contributed by atoms with E-state index in [4.69, 9.17) is 9.47 Å². The first-order valence-electron chi connectivity index (χ1n) is 4.21. The summed E-state index contributed by atoms with van der Waals surface area (Å²) in [6, 6.07) is 7.85. The molecule has 0 aliphatic rings. The Morgan fingerprint density at radius 1 is 1.38 bits per heavy atom. The molecule has 2 nitrogen and oxygen atoms in total. The monoisotopic (exact) mass is 178 g/mol. The predicted octanol–water partition coefficient (Wildman–Crippen LogP) is 2.53. The van der Waals surface area contributed by atoms with Gasteiger partial charge in [-0.15, -0.1) is 6.58 Å². The molecule has 0 aliphatic carbocycles. The van der Waals surface area contributed by atoms with Gasteiger partial charge in [-0.05, 0) is 18.6 Å². The third-order valence-electron chi connectivity index (χ3n) is 1.63. The lowest BCUT2D eigenvalue weighted by atomic mass is 10.2. The summed E-state index contributed by atoms with van der Waals surface area (Å²) in [4.78, 5) is 0. The second kappa shape index (κ2) is 5.38. The highest BCUT2D eigenvalue weighted by molar-refractivity contribution is 5.31. The number of hydrogen-bond acceptors (Lipinski definition) is 2. The van der Waals surface area contributed by atoms with Gasteiger partial charge in [0.1, 0.15) is 5.75 Å². The maximum Gasteiger partial charge on any atom is 0.189 e. The average molecular weight is 178 g/mol. The Bertz CT molecular complexity index is 269. The van der Waals surface area contributed by atoms with Gasteiger partial charge in [0.25, 0.3) is 0 Å². The van der Waals surface area contributed by atoms with Crippen LogP contribution < -0.4 is 4.74 Å². The van der Waals surface area contributed by atoms with Gasteiger partial charge in [0.2, 0.25) is 0 Å². The molecule has 0 spiro atoms. The molecule has 0 aromatic heterocycles. The van der Waals surface area contributed by atoms with E-state index in [1.54, 1.807) is 6.08 Å². The van der Waals surface area contributed by atoms with E-state index in [9.17, 15) is 0 Å². The van der Waals surface area contributed by atoms with E-state index >= 15 is 0 Å². The number of benzene rings is 1. The molecular formula is C11H14O2. The van der Waals surface area contributed by atoms with Crippen molar-refractivity contribution in [2.45, 2.75) is 6.92 Å². The summed E-state index contributed by atoms with van der Waals surface area (Å²) < 4.78 is 10.5. The van der Waals surface area contributed by atoms with Crippen molar-refractivity contribution < 1.29 is 9.47 Å². The van der Waals surface area contributed by atoms with Crippen LogP contribution in [0.1, 0.15) is 5.56 Å². The minimum Gasteiger partial charge on any atom is -0.467 e. The van der Waals surface area contributed by atoms with Gasteiger partial charge < -0.3 is 9.47 Å². The van der Waals surface area contributed by atoms with E-state index in [2.05, 4.69) is 6.58 Å². The molecule has 0 unspecified atom stereocenters. The Morgan fingerprint density at radius 3 is 2.85 bits per heavy atom. The van der Waals surface area contributed by atoms with Crippen LogP contribution in [0.15, 0.2) is 36.9 Å². The van der Waals surface area contributed by atoms with Gasteiger partial charge in [-0.1, -0.05) is 24.3 Å². The van der Waals surface area contributed by atoms with Crippen molar-refractivity contribution >= 4 is 0 Å². The average Bonchev–Trinajstić information content (AvgIpc) is 2.15. The quantitative estimate of drug-likeness (QED) is 0.392. The third kappa shape index (κ3) is 3.30. The third-order valence-corrected chi connectivity index (χ3v) is 1.63.